The standard InChI is InChI=1S/C28H33N9O3/c1-28(2,3)20-10-21(34-37(20)16-8-17(38)9-16)32-27-33-25-23(35(27)4)24(39-5)19(12-30-25)40-18-11-29-22-13-31-26(15-6-7-15)36(22)14-18/h10-17,38H,6-9H2,1-5H3,(H,30,32,33,34)/t16-,17+. The quantitative estimate of drug-likeness (QED) is 0.302. The van der Waals surface area contributed by atoms with Crippen molar-refractivity contribution in [3.05, 3.63) is 42.4 Å². The van der Waals surface area contributed by atoms with Crippen molar-refractivity contribution in [1.29, 1.82) is 0 Å². The van der Waals surface area contributed by atoms with Crippen LogP contribution in [0.3, 0.4) is 0 Å². The molecule has 0 aromatic carbocycles. The van der Waals surface area contributed by atoms with Gasteiger partial charge in [0, 0.05) is 30.1 Å². The Balaban J connectivity index is 1.21. The van der Waals surface area contributed by atoms with E-state index in [1.54, 1.807) is 25.7 Å². The van der Waals surface area contributed by atoms with Gasteiger partial charge in [-0.15, -0.1) is 0 Å². The Labute approximate surface area is 231 Å². The number of hydrogen-bond donors (Lipinski definition) is 2. The first-order valence-corrected chi connectivity index (χ1v) is 13.6. The Morgan fingerprint density at radius 1 is 1.07 bits per heavy atom. The molecule has 2 fully saturated rings. The Kier molecular flexibility index (Phi) is 5.53. The summed E-state index contributed by atoms with van der Waals surface area (Å²) in [6.07, 6.45) is 10.5. The minimum absolute atomic E-state index is 0.106. The van der Waals surface area contributed by atoms with Gasteiger partial charge in [0.1, 0.15) is 11.3 Å². The van der Waals surface area contributed by atoms with Gasteiger partial charge in [-0.2, -0.15) is 10.1 Å². The molecule has 0 spiro atoms. The van der Waals surface area contributed by atoms with Crippen LogP contribution in [-0.2, 0) is 12.5 Å². The third kappa shape index (κ3) is 4.14. The molecule has 0 bridgehead atoms. The lowest BCUT2D eigenvalue weighted by atomic mass is 9.87. The predicted molar refractivity (Wildman–Crippen MR) is 149 cm³/mol. The summed E-state index contributed by atoms with van der Waals surface area (Å²) in [7, 11) is 3.51. The highest BCUT2D eigenvalue weighted by Crippen LogP contribution is 2.41. The maximum atomic E-state index is 9.86. The van der Waals surface area contributed by atoms with Gasteiger partial charge in [-0.25, -0.2) is 15.0 Å². The van der Waals surface area contributed by atoms with Gasteiger partial charge in [0.25, 0.3) is 0 Å². The van der Waals surface area contributed by atoms with Crippen molar-refractivity contribution in [3.63, 3.8) is 0 Å². The van der Waals surface area contributed by atoms with Gasteiger partial charge in [-0.3, -0.25) is 9.08 Å². The SMILES string of the molecule is COc1c(Oc2cnc3cnc(C4CC4)n3c2)cnc2nc(Nc3cc(C(C)(C)C)n([C@H]4C[C@@H](O)C4)n3)n(C)c12. The molecule has 0 radical (unpaired) electrons. The molecule has 12 nitrogen and oxygen atoms in total. The summed E-state index contributed by atoms with van der Waals surface area (Å²) in [5.41, 5.74) is 3.00. The second-order valence-electron chi connectivity index (χ2n) is 11.8. The van der Waals surface area contributed by atoms with E-state index in [1.165, 1.54) is 0 Å². The van der Waals surface area contributed by atoms with Gasteiger partial charge in [0.2, 0.25) is 5.95 Å². The first-order chi connectivity index (χ1) is 19.2. The summed E-state index contributed by atoms with van der Waals surface area (Å²) in [6.45, 7) is 6.49. The van der Waals surface area contributed by atoms with Crippen molar-refractivity contribution in [2.75, 3.05) is 12.4 Å². The van der Waals surface area contributed by atoms with Crippen LogP contribution in [0, 0.1) is 0 Å². The van der Waals surface area contributed by atoms with Crippen molar-refractivity contribution in [2.24, 2.45) is 7.05 Å². The molecule has 0 saturated heterocycles. The van der Waals surface area contributed by atoms with Gasteiger partial charge < -0.3 is 24.5 Å². The fourth-order valence-corrected chi connectivity index (χ4v) is 5.38. The van der Waals surface area contributed by atoms with E-state index in [0.717, 1.165) is 30.0 Å². The van der Waals surface area contributed by atoms with Crippen LogP contribution in [0.5, 0.6) is 17.2 Å². The van der Waals surface area contributed by atoms with Crippen molar-refractivity contribution in [2.45, 2.75) is 69.9 Å². The minimum Gasteiger partial charge on any atom is -0.491 e. The van der Waals surface area contributed by atoms with Crippen LogP contribution >= 0.6 is 0 Å². The zero-order valence-electron chi connectivity index (χ0n) is 23.3. The normalized spacial score (nSPS) is 19.2. The molecule has 40 heavy (non-hydrogen) atoms. The molecular weight excluding hydrogens is 510 g/mol. The summed E-state index contributed by atoms with van der Waals surface area (Å²) in [6, 6.07) is 2.25. The minimum atomic E-state index is -0.258. The van der Waals surface area contributed by atoms with Gasteiger partial charge in [-0.05, 0) is 25.7 Å². The Bertz CT molecular complexity index is 1740. The lowest BCUT2D eigenvalue weighted by Gasteiger charge is -2.34. The number of nitrogens with one attached hydrogen (secondary N) is 1. The highest BCUT2D eigenvalue weighted by atomic mass is 16.5. The van der Waals surface area contributed by atoms with Crippen LogP contribution in [0.15, 0.2) is 30.9 Å². The molecule has 0 unspecified atom stereocenters. The summed E-state index contributed by atoms with van der Waals surface area (Å²) < 4.78 is 18.0. The van der Waals surface area contributed by atoms with E-state index in [2.05, 4.69) is 47.1 Å². The fourth-order valence-electron chi connectivity index (χ4n) is 5.38. The maximum Gasteiger partial charge on any atom is 0.211 e. The molecule has 208 valence electrons. The second-order valence-corrected chi connectivity index (χ2v) is 11.8. The fraction of sp³-hybridized carbons (Fsp3) is 0.464. The Hall–Kier alpha value is -4.19. The van der Waals surface area contributed by atoms with Crippen molar-refractivity contribution >= 4 is 28.6 Å². The van der Waals surface area contributed by atoms with Gasteiger partial charge in [0.05, 0.1) is 44.0 Å². The number of aromatic nitrogens is 8. The number of rotatable bonds is 7. The number of aliphatic hydroxyl groups is 1. The molecule has 5 heterocycles. The number of fused-ring (bicyclic) bond motifs is 2. The van der Waals surface area contributed by atoms with Gasteiger partial charge in [0.15, 0.2) is 34.4 Å². The molecule has 12 heteroatoms. The highest BCUT2D eigenvalue weighted by molar-refractivity contribution is 5.84. The van der Waals surface area contributed by atoms with E-state index in [1.807, 2.05) is 26.9 Å². The third-order valence-electron chi connectivity index (χ3n) is 7.76. The Morgan fingerprint density at radius 2 is 1.88 bits per heavy atom. The van der Waals surface area contributed by atoms with Crippen LogP contribution in [0.2, 0.25) is 0 Å². The van der Waals surface area contributed by atoms with Crippen molar-refractivity contribution < 1.29 is 14.6 Å². The smallest absolute Gasteiger partial charge is 0.211 e. The molecule has 0 aliphatic heterocycles. The monoisotopic (exact) mass is 543 g/mol. The van der Waals surface area contributed by atoms with Crippen LogP contribution < -0.4 is 14.8 Å². The van der Waals surface area contributed by atoms with Crippen molar-refractivity contribution in [1.82, 2.24) is 38.7 Å². The summed E-state index contributed by atoms with van der Waals surface area (Å²) in [5.74, 6) is 4.31. The molecule has 5 aromatic rings. The molecule has 2 aliphatic rings. The Morgan fingerprint density at radius 3 is 2.58 bits per heavy atom. The maximum absolute atomic E-state index is 9.86. The van der Waals surface area contributed by atoms with Gasteiger partial charge >= 0.3 is 0 Å². The van der Waals surface area contributed by atoms with E-state index in [9.17, 15) is 5.11 Å². The summed E-state index contributed by atoms with van der Waals surface area (Å²) in [5, 5.41) is 18.1. The van der Waals surface area contributed by atoms with E-state index in [-0.39, 0.29) is 17.6 Å². The molecule has 2 saturated carbocycles. The number of ether oxygens (including phenoxy) is 2. The molecule has 2 N–H and O–H groups in total. The highest BCUT2D eigenvalue weighted by Gasteiger charge is 2.34. The van der Waals surface area contributed by atoms with E-state index < -0.39 is 0 Å². The topological polar surface area (TPSA) is 129 Å². The lowest BCUT2D eigenvalue weighted by molar-refractivity contribution is 0.0411. The molecule has 5 aromatic heterocycles. The molecule has 2 aliphatic carbocycles. The second kappa shape index (κ2) is 8.91. The average molecular weight is 544 g/mol. The molecule has 0 atom stereocenters. The number of methoxy groups -OCH3 is 1. The summed E-state index contributed by atoms with van der Waals surface area (Å²) >= 11 is 0. The molecular formula is C28H33N9O3. The van der Waals surface area contributed by atoms with E-state index in [4.69, 9.17) is 19.6 Å². The van der Waals surface area contributed by atoms with Crippen LogP contribution in [-0.4, -0.2) is 57.0 Å². The number of pyridine rings is 1. The first kappa shape index (κ1) is 24.8. The van der Waals surface area contributed by atoms with Crippen LogP contribution in [0.25, 0.3) is 16.8 Å². The first-order valence-electron chi connectivity index (χ1n) is 13.6. The number of hydrogen-bond acceptors (Lipinski definition) is 9. The van der Waals surface area contributed by atoms with Crippen LogP contribution in [0.1, 0.15) is 69.9 Å². The summed E-state index contributed by atoms with van der Waals surface area (Å²) in [4.78, 5) is 18.3. The number of anilines is 2. The zero-order chi connectivity index (χ0) is 27.8. The van der Waals surface area contributed by atoms with E-state index in [0.29, 0.717) is 58.9 Å². The predicted octanol–water partition coefficient (Wildman–Crippen LogP) is 4.62. The molecule has 0 amide bonds. The third-order valence-corrected chi connectivity index (χ3v) is 7.76. The number of aryl methyl sites for hydroxylation is 1. The zero-order valence-corrected chi connectivity index (χ0v) is 23.3. The average Bonchev–Trinajstić information content (AvgIpc) is 3.38. The largest absolute Gasteiger partial charge is 0.491 e. The number of nitrogens with zero attached hydrogens (tertiary/aromatic N) is 8. The number of aliphatic hydroxyl groups excluding tert-OH is 1. The van der Waals surface area contributed by atoms with Gasteiger partial charge in [-0.1, -0.05) is 20.8 Å². The van der Waals surface area contributed by atoms with E-state index >= 15 is 0 Å². The number of imidazole rings is 2. The van der Waals surface area contributed by atoms with Crippen LogP contribution in [0.4, 0.5) is 11.8 Å². The molecule has 7 rings (SSSR count). The lowest BCUT2D eigenvalue weighted by Crippen LogP contribution is -2.34. The van der Waals surface area contributed by atoms with Crippen molar-refractivity contribution in [3.8, 4) is 17.2 Å².